The van der Waals surface area contributed by atoms with E-state index >= 15 is 0 Å². The largest absolute Gasteiger partial charge is 0.483 e. The van der Waals surface area contributed by atoms with Gasteiger partial charge in [-0.3, -0.25) is 24.7 Å². The van der Waals surface area contributed by atoms with Gasteiger partial charge in [0.05, 0.1) is 24.4 Å². The highest BCUT2D eigenvalue weighted by atomic mass is 19.1. The fourth-order valence-electron chi connectivity index (χ4n) is 5.46. The van der Waals surface area contributed by atoms with Crippen LogP contribution >= 0.6 is 0 Å². The monoisotopic (exact) mass is 591 g/mol. The maximum absolute atomic E-state index is 14.6. The third kappa shape index (κ3) is 5.79. The number of nitrogens with zero attached hydrogens (tertiary/aromatic N) is 4. The Kier molecular flexibility index (Phi) is 7.91. The van der Waals surface area contributed by atoms with Crippen molar-refractivity contribution in [1.29, 1.82) is 5.41 Å². The molecule has 5 rings (SSSR count). The fraction of sp³-hybridized carbons (Fsp3) is 0.400. The molecule has 1 aliphatic carbocycles. The molecule has 12 nitrogen and oxygen atoms in total. The Morgan fingerprint density at radius 3 is 2.60 bits per heavy atom. The van der Waals surface area contributed by atoms with E-state index in [-0.39, 0.29) is 47.4 Å². The number of carbonyl (C=O) groups excluding carboxylic acids is 3. The molecule has 1 fully saturated rings. The van der Waals surface area contributed by atoms with E-state index in [0.717, 1.165) is 16.3 Å². The highest BCUT2D eigenvalue weighted by Gasteiger charge is 2.43. The Bertz CT molecular complexity index is 1630. The van der Waals surface area contributed by atoms with Gasteiger partial charge in [0.25, 0.3) is 11.8 Å². The van der Waals surface area contributed by atoms with Gasteiger partial charge in [0.15, 0.2) is 11.5 Å². The maximum atomic E-state index is 14.6. The second-order valence-corrected chi connectivity index (χ2v) is 11.6. The van der Waals surface area contributed by atoms with Crippen LogP contribution in [0.15, 0.2) is 43.2 Å². The van der Waals surface area contributed by atoms with Crippen molar-refractivity contribution in [3.63, 3.8) is 0 Å². The summed E-state index contributed by atoms with van der Waals surface area (Å²) in [5.41, 5.74) is 0.0989. The highest BCUT2D eigenvalue weighted by molar-refractivity contribution is 6.01. The number of rotatable bonds is 8. The Labute approximate surface area is 247 Å². The zero-order valence-corrected chi connectivity index (χ0v) is 24.3. The third-order valence-corrected chi connectivity index (χ3v) is 8.38. The van der Waals surface area contributed by atoms with E-state index in [1.165, 1.54) is 19.4 Å². The summed E-state index contributed by atoms with van der Waals surface area (Å²) in [6, 6.07) is 6.58. The van der Waals surface area contributed by atoms with Gasteiger partial charge in [0.2, 0.25) is 0 Å². The highest BCUT2D eigenvalue weighted by Crippen LogP contribution is 2.45. The van der Waals surface area contributed by atoms with Crippen molar-refractivity contribution in [2.75, 3.05) is 25.2 Å². The van der Waals surface area contributed by atoms with E-state index in [2.05, 4.69) is 27.3 Å². The number of methoxy groups -OCH3 is 1. The zero-order chi connectivity index (χ0) is 30.9. The summed E-state index contributed by atoms with van der Waals surface area (Å²) >= 11 is 0. The number of esters is 1. The maximum Gasteiger partial charge on any atom is 0.311 e. The quantitative estimate of drug-likeness (QED) is 0.336. The first kappa shape index (κ1) is 29.7. The molecule has 13 heteroatoms. The molecule has 1 aliphatic heterocycles. The number of benzene rings is 1. The average molecular weight is 592 g/mol. The summed E-state index contributed by atoms with van der Waals surface area (Å²) in [5.74, 6) is -1.33. The van der Waals surface area contributed by atoms with Crippen LogP contribution in [0, 0.1) is 22.1 Å². The average Bonchev–Trinajstić information content (AvgIpc) is 3.39. The minimum absolute atomic E-state index is 0.0380. The number of aromatic nitrogens is 3. The number of fused-ring (bicyclic) bond motifs is 2. The van der Waals surface area contributed by atoms with Crippen LogP contribution in [-0.2, 0) is 16.1 Å². The predicted molar refractivity (Wildman–Crippen MR) is 155 cm³/mol. The third-order valence-electron chi connectivity index (χ3n) is 8.38. The number of amidine groups is 1. The molecule has 3 aromatic rings. The van der Waals surface area contributed by atoms with Gasteiger partial charge in [-0.05, 0) is 55.7 Å². The number of nitrogens with one attached hydrogen (secondary N) is 3. The molecule has 0 saturated heterocycles. The van der Waals surface area contributed by atoms with Gasteiger partial charge < -0.3 is 20.1 Å². The van der Waals surface area contributed by atoms with Crippen molar-refractivity contribution in [3.05, 3.63) is 66.0 Å². The smallest absolute Gasteiger partial charge is 0.311 e. The molecule has 0 bridgehead atoms. The Morgan fingerprint density at radius 2 is 1.91 bits per heavy atom. The molecule has 2 aliphatic rings. The van der Waals surface area contributed by atoms with E-state index < -0.39 is 23.0 Å². The molecule has 2 aromatic heterocycles. The summed E-state index contributed by atoms with van der Waals surface area (Å²) in [6.45, 7) is 8.23. The van der Waals surface area contributed by atoms with Crippen molar-refractivity contribution in [1.82, 2.24) is 25.2 Å². The first-order chi connectivity index (χ1) is 20.5. The molecule has 1 aromatic carbocycles. The predicted octanol–water partition coefficient (Wildman–Crippen LogP) is 3.61. The van der Waals surface area contributed by atoms with Crippen molar-refractivity contribution in [2.24, 2.45) is 10.8 Å². The molecule has 2 amide bonds. The first-order valence-electron chi connectivity index (χ1n) is 13.9. The molecule has 226 valence electrons. The second kappa shape index (κ2) is 11.5. The lowest BCUT2D eigenvalue weighted by Crippen LogP contribution is -2.43. The van der Waals surface area contributed by atoms with Gasteiger partial charge in [0, 0.05) is 25.4 Å². The van der Waals surface area contributed by atoms with Crippen molar-refractivity contribution < 1.29 is 28.2 Å². The van der Waals surface area contributed by atoms with E-state index in [4.69, 9.17) is 14.9 Å². The Balaban J connectivity index is 1.30. The summed E-state index contributed by atoms with van der Waals surface area (Å²) < 4.78 is 26.2. The number of anilines is 1. The number of hydrogen-bond donors (Lipinski definition) is 3. The first-order valence-corrected chi connectivity index (χ1v) is 13.9. The summed E-state index contributed by atoms with van der Waals surface area (Å²) in [4.78, 5) is 44.4. The summed E-state index contributed by atoms with van der Waals surface area (Å²) in [5, 5.41) is 17.7. The standard InChI is InChI=1S/C30H34FN7O5/c1-5-37-21-12-18(6-7-23(21)43-16-24(37)32)14-33-26(39)20-13-22(38-25(36-20)19(31)15-35-38)27(40)34-17-29(2)8-10-30(3,11-9-29)28(41)42-4/h5-7,12-13,15,32H,1,8-11,14,16-17H2,2-4H3,(H,33,39)(H,34,40). The molecular formula is C30H34FN7O5. The summed E-state index contributed by atoms with van der Waals surface area (Å²) in [7, 11) is 1.39. The van der Waals surface area contributed by atoms with Gasteiger partial charge in [-0.15, -0.1) is 0 Å². The number of carbonyl (C=O) groups is 3. The van der Waals surface area contributed by atoms with Gasteiger partial charge in [-0.25, -0.2) is 13.9 Å². The van der Waals surface area contributed by atoms with Crippen molar-refractivity contribution >= 4 is 35.0 Å². The normalized spacial score (nSPS) is 21.5. The number of amides is 2. The lowest BCUT2D eigenvalue weighted by molar-refractivity contribution is -0.155. The molecule has 0 atom stereocenters. The van der Waals surface area contributed by atoms with Crippen molar-refractivity contribution in [3.8, 4) is 5.75 Å². The summed E-state index contributed by atoms with van der Waals surface area (Å²) in [6.07, 6.45) is 5.13. The number of halogens is 1. The molecular weight excluding hydrogens is 557 g/mol. The van der Waals surface area contributed by atoms with Gasteiger partial charge in [-0.1, -0.05) is 19.6 Å². The van der Waals surface area contributed by atoms with Crippen LogP contribution in [0.1, 0.15) is 66.1 Å². The van der Waals surface area contributed by atoms with Crippen LogP contribution in [0.25, 0.3) is 5.65 Å². The molecule has 0 radical (unpaired) electrons. The SMILES string of the molecule is C=CN1C(=N)COc2ccc(CNC(=O)c3cc(C(=O)NCC4(C)CCC(C)(C(=O)OC)CC4)n4ncc(F)c4n3)cc21. The van der Waals surface area contributed by atoms with E-state index in [9.17, 15) is 18.8 Å². The Morgan fingerprint density at radius 1 is 1.16 bits per heavy atom. The van der Waals surface area contributed by atoms with Crippen LogP contribution in [-0.4, -0.2) is 58.5 Å². The Hall–Kier alpha value is -4.81. The van der Waals surface area contributed by atoms with Crippen LogP contribution in [0.3, 0.4) is 0 Å². The molecule has 3 N–H and O–H groups in total. The molecule has 0 unspecified atom stereocenters. The second-order valence-electron chi connectivity index (χ2n) is 11.6. The molecule has 3 heterocycles. The van der Waals surface area contributed by atoms with Crippen LogP contribution in [0.5, 0.6) is 5.75 Å². The topological polar surface area (TPSA) is 151 Å². The minimum Gasteiger partial charge on any atom is -0.483 e. The van der Waals surface area contributed by atoms with E-state index in [0.29, 0.717) is 43.7 Å². The molecule has 1 saturated carbocycles. The fourth-order valence-corrected chi connectivity index (χ4v) is 5.46. The van der Waals surface area contributed by atoms with E-state index in [1.54, 1.807) is 23.1 Å². The van der Waals surface area contributed by atoms with Crippen molar-refractivity contribution in [2.45, 2.75) is 46.1 Å². The number of ether oxygens (including phenoxy) is 2. The van der Waals surface area contributed by atoms with Gasteiger partial charge >= 0.3 is 5.97 Å². The van der Waals surface area contributed by atoms with E-state index in [1.807, 2.05) is 13.8 Å². The lowest BCUT2D eigenvalue weighted by Gasteiger charge is -2.41. The van der Waals surface area contributed by atoms with Crippen LogP contribution in [0.4, 0.5) is 10.1 Å². The van der Waals surface area contributed by atoms with Gasteiger partial charge in [-0.2, -0.15) is 5.10 Å². The molecule has 0 spiro atoms. The van der Waals surface area contributed by atoms with Gasteiger partial charge in [0.1, 0.15) is 29.6 Å². The molecule has 43 heavy (non-hydrogen) atoms. The zero-order valence-electron chi connectivity index (χ0n) is 24.3. The minimum atomic E-state index is -0.772. The van der Waals surface area contributed by atoms with Crippen LogP contribution < -0.4 is 20.3 Å². The van der Waals surface area contributed by atoms with Crippen LogP contribution in [0.2, 0.25) is 0 Å². The lowest BCUT2D eigenvalue weighted by atomic mass is 9.65. The number of hydrogen-bond acceptors (Lipinski definition) is 8.